The van der Waals surface area contributed by atoms with E-state index in [1.54, 1.807) is 0 Å². The molecule has 110 valence electrons. The molecule has 2 fully saturated rings. The molecule has 2 aliphatic heterocycles. The number of ether oxygens (including phenoxy) is 1. The van der Waals surface area contributed by atoms with Crippen LogP contribution in [0.1, 0.15) is 26.7 Å². The number of nitrogens with one attached hydrogen (secondary N) is 1. The summed E-state index contributed by atoms with van der Waals surface area (Å²) in [6.45, 7) is 10.3. The van der Waals surface area contributed by atoms with Crippen LogP contribution >= 0.6 is 11.8 Å². The Morgan fingerprint density at radius 3 is 3.00 bits per heavy atom. The summed E-state index contributed by atoms with van der Waals surface area (Å²) in [5.41, 5.74) is 0.404. The first kappa shape index (κ1) is 15.0. The van der Waals surface area contributed by atoms with Gasteiger partial charge in [0, 0.05) is 36.9 Å². The van der Waals surface area contributed by atoms with E-state index in [0.717, 1.165) is 45.4 Å². The van der Waals surface area contributed by atoms with Gasteiger partial charge in [0.05, 0.1) is 13.2 Å². The summed E-state index contributed by atoms with van der Waals surface area (Å²) in [7, 11) is 0. The predicted octanol–water partition coefficient (Wildman–Crippen LogP) is 1.82. The van der Waals surface area contributed by atoms with E-state index < -0.39 is 0 Å². The molecule has 2 atom stereocenters. The van der Waals surface area contributed by atoms with Crippen LogP contribution in [0.15, 0.2) is 4.99 Å². The highest BCUT2D eigenvalue weighted by atomic mass is 32.2. The van der Waals surface area contributed by atoms with Crippen molar-refractivity contribution in [3.05, 3.63) is 0 Å². The lowest BCUT2D eigenvalue weighted by Gasteiger charge is -2.25. The molecule has 1 N–H and O–H groups in total. The fourth-order valence-corrected chi connectivity index (χ4v) is 3.03. The lowest BCUT2D eigenvalue weighted by atomic mass is 9.87. The summed E-state index contributed by atoms with van der Waals surface area (Å²) in [4.78, 5) is 7.21. The first-order valence-corrected chi connectivity index (χ1v) is 8.62. The third-order valence-corrected chi connectivity index (χ3v) is 5.11. The molecule has 2 saturated heterocycles. The van der Waals surface area contributed by atoms with Crippen molar-refractivity contribution in [1.82, 2.24) is 10.2 Å². The second kappa shape index (κ2) is 6.84. The standard InChI is InChI=1S/C14H27N3OS/c1-4-15-13(16-9-12(2)19-3)17-7-5-14(10-17)6-8-18-11-14/h12H,4-11H2,1-3H3,(H,15,16). The SMILES string of the molecule is CCNC(=NCC(C)SC)N1CCC2(CCOC2)C1. The van der Waals surface area contributed by atoms with Gasteiger partial charge in [0.2, 0.25) is 0 Å². The Bertz CT molecular complexity index is 316. The number of hydrogen-bond donors (Lipinski definition) is 1. The fraction of sp³-hybridized carbons (Fsp3) is 0.929. The number of hydrogen-bond acceptors (Lipinski definition) is 3. The fourth-order valence-electron chi connectivity index (χ4n) is 2.80. The van der Waals surface area contributed by atoms with Gasteiger partial charge in [0.1, 0.15) is 0 Å². The summed E-state index contributed by atoms with van der Waals surface area (Å²) in [6, 6.07) is 0. The van der Waals surface area contributed by atoms with E-state index in [2.05, 4.69) is 30.3 Å². The van der Waals surface area contributed by atoms with Crippen molar-refractivity contribution >= 4 is 17.7 Å². The van der Waals surface area contributed by atoms with Crippen molar-refractivity contribution in [2.75, 3.05) is 45.6 Å². The zero-order valence-electron chi connectivity index (χ0n) is 12.4. The summed E-state index contributed by atoms with van der Waals surface area (Å²) >= 11 is 1.87. The first-order chi connectivity index (χ1) is 9.19. The zero-order chi connectivity index (χ0) is 13.7. The molecule has 0 aliphatic carbocycles. The maximum absolute atomic E-state index is 5.60. The van der Waals surface area contributed by atoms with Gasteiger partial charge in [-0.3, -0.25) is 4.99 Å². The van der Waals surface area contributed by atoms with Crippen LogP contribution in [0, 0.1) is 5.41 Å². The Hall–Kier alpha value is -0.420. The molecule has 0 aromatic carbocycles. The highest BCUT2D eigenvalue weighted by Gasteiger charge is 2.42. The summed E-state index contributed by atoms with van der Waals surface area (Å²) in [6.07, 6.45) is 4.60. The number of aliphatic imine (C=N–C) groups is 1. The Balaban J connectivity index is 1.95. The molecule has 0 aromatic heterocycles. The van der Waals surface area contributed by atoms with Gasteiger partial charge in [-0.2, -0.15) is 11.8 Å². The Morgan fingerprint density at radius 1 is 1.53 bits per heavy atom. The molecule has 2 rings (SSSR count). The topological polar surface area (TPSA) is 36.9 Å². The molecule has 4 nitrogen and oxygen atoms in total. The Morgan fingerprint density at radius 2 is 2.37 bits per heavy atom. The normalized spacial score (nSPS) is 29.2. The van der Waals surface area contributed by atoms with Crippen LogP contribution in [0.25, 0.3) is 0 Å². The van der Waals surface area contributed by atoms with Gasteiger partial charge >= 0.3 is 0 Å². The number of nitrogens with zero attached hydrogens (tertiary/aromatic N) is 2. The van der Waals surface area contributed by atoms with Crippen LogP contribution in [0.2, 0.25) is 0 Å². The van der Waals surface area contributed by atoms with Crippen LogP contribution in [0.5, 0.6) is 0 Å². The second-order valence-corrected chi connectivity index (χ2v) is 6.99. The van der Waals surface area contributed by atoms with Crippen molar-refractivity contribution in [2.45, 2.75) is 31.9 Å². The number of thioether (sulfide) groups is 1. The van der Waals surface area contributed by atoms with Crippen molar-refractivity contribution in [1.29, 1.82) is 0 Å². The van der Waals surface area contributed by atoms with Gasteiger partial charge in [-0.1, -0.05) is 6.92 Å². The van der Waals surface area contributed by atoms with Crippen LogP contribution in [-0.4, -0.2) is 61.8 Å². The quantitative estimate of drug-likeness (QED) is 0.631. The molecule has 1 spiro atoms. The molecular weight excluding hydrogens is 258 g/mol. The largest absolute Gasteiger partial charge is 0.381 e. The lowest BCUT2D eigenvalue weighted by molar-refractivity contribution is 0.156. The van der Waals surface area contributed by atoms with Crippen molar-refractivity contribution in [3.63, 3.8) is 0 Å². The minimum atomic E-state index is 0.404. The second-order valence-electron chi connectivity index (χ2n) is 5.72. The number of rotatable bonds is 4. The Labute approximate surface area is 121 Å². The van der Waals surface area contributed by atoms with Crippen LogP contribution < -0.4 is 5.32 Å². The average Bonchev–Trinajstić information content (AvgIpc) is 3.05. The van der Waals surface area contributed by atoms with E-state index in [0.29, 0.717) is 10.7 Å². The van der Waals surface area contributed by atoms with E-state index in [-0.39, 0.29) is 0 Å². The molecule has 2 heterocycles. The average molecular weight is 285 g/mol. The highest BCUT2D eigenvalue weighted by molar-refractivity contribution is 7.99. The molecule has 0 saturated carbocycles. The highest BCUT2D eigenvalue weighted by Crippen LogP contribution is 2.38. The third kappa shape index (κ3) is 3.78. The predicted molar refractivity (Wildman–Crippen MR) is 83.0 cm³/mol. The van der Waals surface area contributed by atoms with Crippen molar-refractivity contribution < 1.29 is 4.74 Å². The van der Waals surface area contributed by atoms with Gasteiger partial charge in [0.15, 0.2) is 5.96 Å². The van der Waals surface area contributed by atoms with Gasteiger partial charge in [-0.05, 0) is 26.0 Å². The maximum Gasteiger partial charge on any atom is 0.193 e. The molecule has 0 amide bonds. The number of likely N-dealkylation sites (tertiary alicyclic amines) is 1. The van der Waals surface area contributed by atoms with Crippen molar-refractivity contribution in [2.24, 2.45) is 10.4 Å². The molecule has 0 radical (unpaired) electrons. The van der Waals surface area contributed by atoms with Crippen LogP contribution in [0.3, 0.4) is 0 Å². The smallest absolute Gasteiger partial charge is 0.193 e. The molecule has 0 bridgehead atoms. The molecular formula is C14H27N3OS. The minimum absolute atomic E-state index is 0.404. The van der Waals surface area contributed by atoms with Gasteiger partial charge in [0.25, 0.3) is 0 Å². The molecule has 0 aromatic rings. The maximum atomic E-state index is 5.60. The van der Waals surface area contributed by atoms with Crippen LogP contribution in [-0.2, 0) is 4.74 Å². The lowest BCUT2D eigenvalue weighted by Crippen LogP contribution is -2.41. The third-order valence-electron chi connectivity index (χ3n) is 4.16. The summed E-state index contributed by atoms with van der Waals surface area (Å²) in [5.74, 6) is 1.09. The van der Waals surface area contributed by atoms with Gasteiger partial charge in [-0.25, -0.2) is 0 Å². The van der Waals surface area contributed by atoms with Gasteiger partial charge < -0.3 is 15.0 Å². The van der Waals surface area contributed by atoms with E-state index in [4.69, 9.17) is 9.73 Å². The zero-order valence-corrected chi connectivity index (χ0v) is 13.3. The van der Waals surface area contributed by atoms with Crippen LogP contribution in [0.4, 0.5) is 0 Å². The minimum Gasteiger partial charge on any atom is -0.381 e. The van der Waals surface area contributed by atoms with Gasteiger partial charge in [-0.15, -0.1) is 0 Å². The molecule has 5 heteroatoms. The van der Waals surface area contributed by atoms with Crippen molar-refractivity contribution in [3.8, 4) is 0 Å². The van der Waals surface area contributed by atoms with E-state index >= 15 is 0 Å². The molecule has 2 aliphatic rings. The number of guanidine groups is 1. The Kier molecular flexibility index (Phi) is 5.39. The molecule has 2 unspecified atom stereocenters. The summed E-state index contributed by atoms with van der Waals surface area (Å²) in [5, 5.41) is 4.02. The van der Waals surface area contributed by atoms with E-state index in [1.807, 2.05) is 11.8 Å². The molecule has 19 heavy (non-hydrogen) atoms. The van der Waals surface area contributed by atoms with E-state index in [1.165, 1.54) is 12.8 Å². The first-order valence-electron chi connectivity index (χ1n) is 7.33. The monoisotopic (exact) mass is 285 g/mol. The van der Waals surface area contributed by atoms with E-state index in [9.17, 15) is 0 Å². The summed E-state index contributed by atoms with van der Waals surface area (Å²) < 4.78 is 5.60.